The van der Waals surface area contributed by atoms with Crippen molar-refractivity contribution < 1.29 is 9.53 Å². The standard InChI is InChI=1S/C13H13NO2/c15-9-13-6-7-14(8-13)11-16-10-12-4-2-1-3-5-12/h1-9H,10-11H2. The van der Waals surface area contributed by atoms with Gasteiger partial charge in [0.25, 0.3) is 0 Å². The van der Waals surface area contributed by atoms with Crippen LogP contribution in [-0.2, 0) is 18.1 Å². The molecule has 0 fully saturated rings. The third kappa shape index (κ3) is 2.81. The molecule has 0 aliphatic heterocycles. The molecule has 0 aliphatic carbocycles. The number of hydrogen-bond donors (Lipinski definition) is 0. The molecule has 0 saturated carbocycles. The summed E-state index contributed by atoms with van der Waals surface area (Å²) >= 11 is 0. The number of aromatic nitrogens is 1. The van der Waals surface area contributed by atoms with Crippen molar-refractivity contribution >= 4 is 6.29 Å². The molecule has 2 rings (SSSR count). The van der Waals surface area contributed by atoms with Crippen molar-refractivity contribution in [2.75, 3.05) is 0 Å². The summed E-state index contributed by atoms with van der Waals surface area (Å²) in [5, 5.41) is 0. The molecule has 1 aromatic carbocycles. The second-order valence-electron chi connectivity index (χ2n) is 3.54. The fourth-order valence-electron chi connectivity index (χ4n) is 1.45. The molecule has 16 heavy (non-hydrogen) atoms. The van der Waals surface area contributed by atoms with Crippen molar-refractivity contribution in [3.8, 4) is 0 Å². The number of benzene rings is 1. The molecule has 0 N–H and O–H groups in total. The van der Waals surface area contributed by atoms with Crippen LogP contribution in [0, 0.1) is 0 Å². The Bertz CT molecular complexity index is 448. The molecule has 0 unspecified atom stereocenters. The average Bonchev–Trinajstić information content (AvgIpc) is 2.78. The van der Waals surface area contributed by atoms with Gasteiger partial charge in [0.2, 0.25) is 0 Å². The summed E-state index contributed by atoms with van der Waals surface area (Å²) in [7, 11) is 0. The van der Waals surface area contributed by atoms with Crippen LogP contribution in [0.15, 0.2) is 48.8 Å². The Labute approximate surface area is 94.3 Å². The summed E-state index contributed by atoms with van der Waals surface area (Å²) in [5.74, 6) is 0. The first kappa shape index (κ1) is 10.6. The highest BCUT2D eigenvalue weighted by Gasteiger charge is 1.95. The predicted molar refractivity (Wildman–Crippen MR) is 61.1 cm³/mol. The maximum Gasteiger partial charge on any atom is 0.151 e. The third-order valence-electron chi connectivity index (χ3n) is 2.26. The molecule has 0 amide bonds. The van der Waals surface area contributed by atoms with Crippen LogP contribution in [0.1, 0.15) is 15.9 Å². The van der Waals surface area contributed by atoms with Gasteiger partial charge in [-0.25, -0.2) is 0 Å². The van der Waals surface area contributed by atoms with Crippen LogP contribution in [0.2, 0.25) is 0 Å². The molecule has 82 valence electrons. The molecule has 0 atom stereocenters. The quantitative estimate of drug-likeness (QED) is 0.717. The molecule has 0 bridgehead atoms. The van der Waals surface area contributed by atoms with Gasteiger partial charge in [0.15, 0.2) is 6.29 Å². The van der Waals surface area contributed by atoms with E-state index in [1.807, 2.05) is 41.1 Å². The largest absolute Gasteiger partial charge is 0.356 e. The lowest BCUT2D eigenvalue weighted by atomic mass is 10.2. The predicted octanol–water partition coefficient (Wildman–Crippen LogP) is 2.47. The SMILES string of the molecule is O=Cc1ccn(COCc2ccccc2)c1. The number of nitrogens with zero attached hydrogens (tertiary/aromatic N) is 1. The molecular weight excluding hydrogens is 202 g/mol. The topological polar surface area (TPSA) is 31.2 Å². The van der Waals surface area contributed by atoms with E-state index in [2.05, 4.69) is 0 Å². The molecule has 0 radical (unpaired) electrons. The maximum absolute atomic E-state index is 10.5. The molecule has 0 spiro atoms. The first-order chi connectivity index (χ1) is 7.88. The van der Waals surface area contributed by atoms with Crippen LogP contribution in [0.25, 0.3) is 0 Å². The van der Waals surface area contributed by atoms with Crippen molar-refractivity contribution in [1.29, 1.82) is 0 Å². The smallest absolute Gasteiger partial charge is 0.151 e. The monoisotopic (exact) mass is 215 g/mol. The van der Waals surface area contributed by atoms with Gasteiger partial charge in [-0.1, -0.05) is 30.3 Å². The first-order valence-electron chi connectivity index (χ1n) is 5.11. The normalized spacial score (nSPS) is 10.2. The van der Waals surface area contributed by atoms with Gasteiger partial charge in [0.1, 0.15) is 6.73 Å². The van der Waals surface area contributed by atoms with E-state index >= 15 is 0 Å². The first-order valence-corrected chi connectivity index (χ1v) is 5.11. The highest BCUT2D eigenvalue weighted by molar-refractivity contribution is 5.74. The number of carbonyl (C=O) groups excluding carboxylic acids is 1. The van der Waals surface area contributed by atoms with Gasteiger partial charge in [0, 0.05) is 18.0 Å². The second-order valence-corrected chi connectivity index (χ2v) is 3.54. The van der Waals surface area contributed by atoms with E-state index in [0.29, 0.717) is 18.9 Å². The highest BCUT2D eigenvalue weighted by Crippen LogP contribution is 2.03. The Balaban J connectivity index is 1.82. The Morgan fingerprint density at radius 2 is 2.00 bits per heavy atom. The lowest BCUT2D eigenvalue weighted by Crippen LogP contribution is -2.00. The number of hydrogen-bond acceptors (Lipinski definition) is 2. The van der Waals surface area contributed by atoms with Crippen LogP contribution in [0.3, 0.4) is 0 Å². The summed E-state index contributed by atoms with van der Waals surface area (Å²) in [6, 6.07) is 11.8. The maximum atomic E-state index is 10.5. The lowest BCUT2D eigenvalue weighted by molar-refractivity contribution is 0.0642. The van der Waals surface area contributed by atoms with Crippen LogP contribution < -0.4 is 0 Å². The summed E-state index contributed by atoms with van der Waals surface area (Å²) < 4.78 is 7.35. The van der Waals surface area contributed by atoms with Crippen LogP contribution in [-0.4, -0.2) is 10.9 Å². The van der Waals surface area contributed by atoms with Crippen molar-refractivity contribution in [3.63, 3.8) is 0 Å². The van der Waals surface area contributed by atoms with Crippen molar-refractivity contribution in [3.05, 3.63) is 59.9 Å². The van der Waals surface area contributed by atoms with E-state index in [1.54, 1.807) is 12.3 Å². The highest BCUT2D eigenvalue weighted by atomic mass is 16.5. The fourth-order valence-corrected chi connectivity index (χ4v) is 1.45. The Morgan fingerprint density at radius 3 is 2.69 bits per heavy atom. The van der Waals surface area contributed by atoms with Gasteiger partial charge in [-0.05, 0) is 11.6 Å². The minimum atomic E-state index is 0.461. The second kappa shape index (κ2) is 5.28. The molecule has 0 aliphatic rings. The summed E-state index contributed by atoms with van der Waals surface area (Å²) in [6.45, 7) is 1.04. The fraction of sp³-hybridized carbons (Fsp3) is 0.154. The number of aldehydes is 1. The number of ether oxygens (including phenoxy) is 1. The summed E-state index contributed by atoms with van der Waals surface area (Å²) in [4.78, 5) is 10.5. The van der Waals surface area contributed by atoms with Gasteiger partial charge < -0.3 is 9.30 Å². The Hall–Kier alpha value is -1.87. The molecule has 0 saturated heterocycles. The van der Waals surface area contributed by atoms with E-state index in [-0.39, 0.29) is 0 Å². The number of rotatable bonds is 5. The minimum absolute atomic E-state index is 0.461. The molecular formula is C13H13NO2. The van der Waals surface area contributed by atoms with Crippen molar-refractivity contribution in [2.24, 2.45) is 0 Å². The molecule has 1 heterocycles. The van der Waals surface area contributed by atoms with E-state index in [1.165, 1.54) is 0 Å². The molecule has 2 aromatic rings. The lowest BCUT2D eigenvalue weighted by Gasteiger charge is -2.05. The summed E-state index contributed by atoms with van der Waals surface area (Å²) in [5.41, 5.74) is 1.81. The van der Waals surface area contributed by atoms with Gasteiger partial charge in [-0.2, -0.15) is 0 Å². The van der Waals surface area contributed by atoms with Crippen molar-refractivity contribution in [2.45, 2.75) is 13.3 Å². The summed E-state index contributed by atoms with van der Waals surface area (Å²) in [6.07, 6.45) is 4.42. The average molecular weight is 215 g/mol. The van der Waals surface area contributed by atoms with Gasteiger partial charge in [-0.3, -0.25) is 4.79 Å². The minimum Gasteiger partial charge on any atom is -0.356 e. The molecule has 1 aromatic heterocycles. The van der Waals surface area contributed by atoms with E-state index in [4.69, 9.17) is 4.74 Å². The van der Waals surface area contributed by atoms with E-state index < -0.39 is 0 Å². The third-order valence-corrected chi connectivity index (χ3v) is 2.26. The zero-order chi connectivity index (χ0) is 11.2. The van der Waals surface area contributed by atoms with Crippen LogP contribution in [0.5, 0.6) is 0 Å². The Morgan fingerprint density at radius 1 is 1.19 bits per heavy atom. The van der Waals surface area contributed by atoms with Crippen LogP contribution >= 0.6 is 0 Å². The van der Waals surface area contributed by atoms with Gasteiger partial charge >= 0.3 is 0 Å². The molecule has 3 heteroatoms. The van der Waals surface area contributed by atoms with Gasteiger partial charge in [0.05, 0.1) is 6.61 Å². The van der Waals surface area contributed by atoms with E-state index in [9.17, 15) is 4.79 Å². The van der Waals surface area contributed by atoms with E-state index in [0.717, 1.165) is 11.8 Å². The zero-order valence-corrected chi connectivity index (χ0v) is 8.87. The van der Waals surface area contributed by atoms with Gasteiger partial charge in [-0.15, -0.1) is 0 Å². The van der Waals surface area contributed by atoms with Crippen molar-refractivity contribution in [1.82, 2.24) is 4.57 Å². The van der Waals surface area contributed by atoms with Crippen LogP contribution in [0.4, 0.5) is 0 Å². The zero-order valence-electron chi connectivity index (χ0n) is 8.87. The molecule has 3 nitrogen and oxygen atoms in total. The Kier molecular flexibility index (Phi) is 3.51. The number of carbonyl (C=O) groups is 1.